The number of halogens is 1. The highest BCUT2D eigenvalue weighted by Crippen LogP contribution is 2.15. The van der Waals surface area contributed by atoms with Gasteiger partial charge in [-0.1, -0.05) is 36.4 Å². The fourth-order valence-electron chi connectivity index (χ4n) is 3.27. The SMILES string of the molecule is N#CBr.N#CN1CCN(c2ccccc2)CC1.c1ccc(N2CCNCC2)cc1. The summed E-state index contributed by atoms with van der Waals surface area (Å²) in [5, 5.41) is 19.3. The minimum atomic E-state index is 0.839. The van der Waals surface area contributed by atoms with Crippen molar-refractivity contribution < 1.29 is 0 Å². The molecule has 0 bridgehead atoms. The van der Waals surface area contributed by atoms with E-state index in [1.54, 1.807) is 9.88 Å². The van der Waals surface area contributed by atoms with E-state index in [9.17, 15) is 0 Å². The molecule has 0 saturated carbocycles. The maximum atomic E-state index is 8.71. The number of rotatable bonds is 2. The highest BCUT2D eigenvalue weighted by atomic mass is 79.9. The summed E-state index contributed by atoms with van der Waals surface area (Å²) in [6.07, 6.45) is 2.18. The van der Waals surface area contributed by atoms with Gasteiger partial charge in [0.2, 0.25) is 0 Å². The minimum absolute atomic E-state index is 0.839. The number of nitrogens with zero attached hydrogens (tertiary/aromatic N) is 5. The van der Waals surface area contributed by atoms with E-state index >= 15 is 0 Å². The molecule has 6 nitrogen and oxygen atoms in total. The molecule has 0 aromatic heterocycles. The van der Waals surface area contributed by atoms with Crippen LogP contribution in [0.1, 0.15) is 0 Å². The zero-order chi connectivity index (χ0) is 20.7. The molecule has 0 unspecified atom stereocenters. The lowest BCUT2D eigenvalue weighted by molar-refractivity contribution is 0.363. The van der Waals surface area contributed by atoms with Crippen molar-refractivity contribution in [2.75, 3.05) is 62.2 Å². The minimum Gasteiger partial charge on any atom is -0.369 e. The van der Waals surface area contributed by atoms with Gasteiger partial charge >= 0.3 is 0 Å². The maximum absolute atomic E-state index is 8.71. The van der Waals surface area contributed by atoms with Crippen molar-refractivity contribution in [3.8, 4) is 11.2 Å². The van der Waals surface area contributed by atoms with E-state index in [0.29, 0.717) is 0 Å². The molecule has 0 amide bonds. The van der Waals surface area contributed by atoms with E-state index in [2.05, 4.69) is 79.7 Å². The first kappa shape index (κ1) is 22.5. The average molecular weight is 455 g/mol. The molecule has 2 aromatic rings. The Kier molecular flexibility index (Phi) is 10.4. The fraction of sp³-hybridized carbons (Fsp3) is 0.364. The van der Waals surface area contributed by atoms with Gasteiger partial charge in [0.1, 0.15) is 4.98 Å². The summed E-state index contributed by atoms with van der Waals surface area (Å²) in [6.45, 7) is 8.03. The zero-order valence-electron chi connectivity index (χ0n) is 16.5. The molecule has 2 fully saturated rings. The van der Waals surface area contributed by atoms with E-state index in [-0.39, 0.29) is 0 Å². The number of benzene rings is 2. The standard InChI is InChI=1S/C11H13N3.C10H14N2.CBrN/c12-10-13-6-8-14(9-7-13)11-4-2-1-3-5-11;1-2-4-10(5-3-1)12-8-6-11-7-9-12;2-1-3/h1-5H,6-9H2;1-5,11H,6-9H2;. The fourth-order valence-corrected chi connectivity index (χ4v) is 3.27. The Hall–Kier alpha value is -2.74. The first-order chi connectivity index (χ1) is 14.3. The van der Waals surface area contributed by atoms with Crippen molar-refractivity contribution in [1.82, 2.24) is 10.2 Å². The summed E-state index contributed by atoms with van der Waals surface area (Å²) in [7, 11) is 0. The first-order valence-corrected chi connectivity index (χ1v) is 10.5. The summed E-state index contributed by atoms with van der Waals surface area (Å²) in [4.78, 5) is 8.09. The molecule has 2 aliphatic heterocycles. The maximum Gasteiger partial charge on any atom is 0.179 e. The highest BCUT2D eigenvalue weighted by Gasteiger charge is 2.15. The van der Waals surface area contributed by atoms with E-state index in [1.807, 2.05) is 18.2 Å². The molecule has 0 spiro atoms. The van der Waals surface area contributed by atoms with Crippen molar-refractivity contribution >= 4 is 27.3 Å². The summed E-state index contributed by atoms with van der Waals surface area (Å²) >= 11 is 2.45. The van der Waals surface area contributed by atoms with E-state index in [1.165, 1.54) is 11.4 Å². The van der Waals surface area contributed by atoms with Crippen LogP contribution in [0.3, 0.4) is 0 Å². The quantitative estimate of drug-likeness (QED) is 0.702. The molecule has 7 heteroatoms. The Morgan fingerprint density at radius 2 is 1.10 bits per heavy atom. The molecule has 2 saturated heterocycles. The van der Waals surface area contributed by atoms with Crippen LogP contribution in [0.25, 0.3) is 0 Å². The van der Waals surface area contributed by atoms with Gasteiger partial charge < -0.3 is 20.0 Å². The smallest absolute Gasteiger partial charge is 0.179 e. The Morgan fingerprint density at radius 3 is 1.52 bits per heavy atom. The zero-order valence-corrected chi connectivity index (χ0v) is 18.1. The largest absolute Gasteiger partial charge is 0.369 e. The monoisotopic (exact) mass is 454 g/mol. The number of hydrogen-bond acceptors (Lipinski definition) is 6. The third kappa shape index (κ3) is 8.03. The molecule has 2 aromatic carbocycles. The molecular formula is C22H27BrN6. The molecule has 0 atom stereocenters. The van der Waals surface area contributed by atoms with Gasteiger partial charge in [0.05, 0.1) is 0 Å². The van der Waals surface area contributed by atoms with Crippen molar-refractivity contribution in [2.45, 2.75) is 0 Å². The number of nitrogens with one attached hydrogen (secondary N) is 1. The lowest BCUT2D eigenvalue weighted by Crippen LogP contribution is -2.44. The second-order valence-corrected chi connectivity index (χ2v) is 6.92. The number of anilines is 2. The number of hydrogen-bond donors (Lipinski definition) is 1. The molecule has 0 aliphatic carbocycles. The van der Waals surface area contributed by atoms with Gasteiger partial charge in [-0.15, -0.1) is 0 Å². The first-order valence-electron chi connectivity index (χ1n) is 9.73. The van der Waals surface area contributed by atoms with Crippen LogP contribution in [0.2, 0.25) is 0 Å². The Bertz CT molecular complexity index is 757. The van der Waals surface area contributed by atoms with Crippen molar-refractivity contribution in [3.63, 3.8) is 0 Å². The van der Waals surface area contributed by atoms with Crippen molar-refractivity contribution in [1.29, 1.82) is 10.5 Å². The summed E-state index contributed by atoms with van der Waals surface area (Å²) < 4.78 is 0. The van der Waals surface area contributed by atoms with Gasteiger partial charge in [0, 0.05) is 79.7 Å². The van der Waals surface area contributed by atoms with Crippen LogP contribution in [0.15, 0.2) is 60.7 Å². The Balaban J connectivity index is 0.000000184. The normalized spacial score (nSPS) is 15.6. The molecule has 1 N–H and O–H groups in total. The van der Waals surface area contributed by atoms with Crippen molar-refractivity contribution in [3.05, 3.63) is 60.7 Å². The molecule has 29 heavy (non-hydrogen) atoms. The number of para-hydroxylation sites is 2. The van der Waals surface area contributed by atoms with E-state index in [0.717, 1.165) is 52.4 Å². The van der Waals surface area contributed by atoms with Crippen LogP contribution >= 0.6 is 15.9 Å². The molecular weight excluding hydrogens is 428 g/mol. The second kappa shape index (κ2) is 13.4. The number of nitriles is 2. The topological polar surface area (TPSA) is 69.3 Å². The van der Waals surface area contributed by atoms with Crippen LogP contribution in [0, 0.1) is 21.7 Å². The van der Waals surface area contributed by atoms with Gasteiger partial charge in [-0.05, 0) is 24.3 Å². The number of piperazine rings is 2. The predicted octanol–water partition coefficient (Wildman–Crippen LogP) is 3.25. The third-order valence-corrected chi connectivity index (χ3v) is 4.78. The van der Waals surface area contributed by atoms with Gasteiger partial charge in [-0.3, -0.25) is 0 Å². The van der Waals surface area contributed by atoms with Crippen LogP contribution in [-0.2, 0) is 0 Å². The van der Waals surface area contributed by atoms with Gasteiger partial charge in [0.25, 0.3) is 0 Å². The molecule has 4 rings (SSSR count). The average Bonchev–Trinajstić information content (AvgIpc) is 2.82. The second-order valence-electron chi connectivity index (χ2n) is 6.57. The van der Waals surface area contributed by atoms with E-state index < -0.39 is 0 Å². The molecule has 0 radical (unpaired) electrons. The molecule has 2 heterocycles. The van der Waals surface area contributed by atoms with Crippen LogP contribution in [0.4, 0.5) is 11.4 Å². The summed E-state index contributed by atoms with van der Waals surface area (Å²) in [5.41, 5.74) is 2.60. The van der Waals surface area contributed by atoms with Gasteiger partial charge in [0.15, 0.2) is 6.19 Å². The van der Waals surface area contributed by atoms with Gasteiger partial charge in [-0.25, -0.2) is 0 Å². The van der Waals surface area contributed by atoms with Crippen LogP contribution in [-0.4, -0.2) is 57.3 Å². The van der Waals surface area contributed by atoms with Crippen LogP contribution in [0.5, 0.6) is 0 Å². The summed E-state index contributed by atoms with van der Waals surface area (Å²) in [5.74, 6) is 0. The van der Waals surface area contributed by atoms with Crippen LogP contribution < -0.4 is 15.1 Å². The lowest BCUT2D eigenvalue weighted by atomic mass is 10.2. The Labute approximate surface area is 182 Å². The molecule has 152 valence electrons. The third-order valence-electron chi connectivity index (χ3n) is 4.78. The predicted molar refractivity (Wildman–Crippen MR) is 122 cm³/mol. The van der Waals surface area contributed by atoms with Crippen molar-refractivity contribution in [2.24, 2.45) is 0 Å². The molecule has 2 aliphatic rings. The highest BCUT2D eigenvalue weighted by molar-refractivity contribution is 9.12. The Morgan fingerprint density at radius 1 is 0.690 bits per heavy atom. The summed E-state index contributed by atoms with van der Waals surface area (Å²) in [6, 6.07) is 20.9. The van der Waals surface area contributed by atoms with Gasteiger partial charge in [-0.2, -0.15) is 10.5 Å². The van der Waals surface area contributed by atoms with E-state index in [4.69, 9.17) is 10.5 Å². The lowest BCUT2D eigenvalue weighted by Gasteiger charge is -2.33.